The molecule has 2 aromatic rings. The maximum absolute atomic E-state index is 13.0. The maximum Gasteiger partial charge on any atom is 0.253 e. The Hall–Kier alpha value is -2.18. The van der Waals surface area contributed by atoms with Crippen LogP contribution >= 0.6 is 0 Å². The molecule has 5 nitrogen and oxygen atoms in total. The second kappa shape index (κ2) is 8.31. The van der Waals surface area contributed by atoms with Gasteiger partial charge in [-0.3, -0.25) is 4.79 Å². The van der Waals surface area contributed by atoms with E-state index in [1.54, 1.807) is 31.6 Å². The molecule has 0 aliphatic rings. The zero-order chi connectivity index (χ0) is 15.8. The summed E-state index contributed by atoms with van der Waals surface area (Å²) < 4.78 is 17.9. The SMILES string of the molecule is COCCNCCNC(=O)c1c[nH]cc1-c1ccc(F)cc1. The Morgan fingerprint density at radius 3 is 2.68 bits per heavy atom. The highest BCUT2D eigenvalue weighted by molar-refractivity contribution is 6.00. The summed E-state index contributed by atoms with van der Waals surface area (Å²) in [4.78, 5) is 15.1. The van der Waals surface area contributed by atoms with Crippen molar-refractivity contribution in [2.45, 2.75) is 0 Å². The molecule has 1 heterocycles. The van der Waals surface area contributed by atoms with Crippen LogP contribution in [-0.2, 0) is 4.74 Å². The van der Waals surface area contributed by atoms with Crippen LogP contribution in [0.3, 0.4) is 0 Å². The van der Waals surface area contributed by atoms with E-state index in [0.29, 0.717) is 25.3 Å². The lowest BCUT2D eigenvalue weighted by molar-refractivity contribution is 0.0954. The Bertz CT molecular complexity index is 596. The summed E-state index contributed by atoms with van der Waals surface area (Å²) >= 11 is 0. The number of aromatic amines is 1. The van der Waals surface area contributed by atoms with Crippen molar-refractivity contribution in [2.24, 2.45) is 0 Å². The predicted molar refractivity (Wildman–Crippen MR) is 83.3 cm³/mol. The summed E-state index contributed by atoms with van der Waals surface area (Å²) in [5.74, 6) is -0.457. The lowest BCUT2D eigenvalue weighted by Gasteiger charge is -2.07. The number of amides is 1. The minimum Gasteiger partial charge on any atom is -0.383 e. The number of H-pyrrole nitrogens is 1. The molecule has 118 valence electrons. The third kappa shape index (κ3) is 4.41. The summed E-state index contributed by atoms with van der Waals surface area (Å²) in [5.41, 5.74) is 2.10. The van der Waals surface area contributed by atoms with Gasteiger partial charge in [-0.25, -0.2) is 4.39 Å². The Morgan fingerprint density at radius 2 is 1.95 bits per heavy atom. The highest BCUT2D eigenvalue weighted by Gasteiger charge is 2.13. The first-order chi connectivity index (χ1) is 10.7. The molecule has 2 rings (SSSR count). The van der Waals surface area contributed by atoms with E-state index in [-0.39, 0.29) is 11.7 Å². The Morgan fingerprint density at radius 1 is 1.18 bits per heavy atom. The summed E-state index contributed by atoms with van der Waals surface area (Å²) in [6, 6.07) is 6.07. The largest absolute Gasteiger partial charge is 0.383 e. The average Bonchev–Trinajstić information content (AvgIpc) is 3.01. The van der Waals surface area contributed by atoms with E-state index in [2.05, 4.69) is 15.6 Å². The van der Waals surface area contributed by atoms with Crippen molar-refractivity contribution < 1.29 is 13.9 Å². The number of methoxy groups -OCH3 is 1. The molecule has 1 amide bonds. The number of hydrogen-bond donors (Lipinski definition) is 3. The molecule has 0 aliphatic heterocycles. The molecule has 0 aliphatic carbocycles. The topological polar surface area (TPSA) is 66.2 Å². The number of halogens is 1. The molecule has 6 heteroatoms. The molecule has 0 unspecified atom stereocenters. The lowest BCUT2D eigenvalue weighted by atomic mass is 10.0. The van der Waals surface area contributed by atoms with Gasteiger partial charge in [-0.1, -0.05) is 12.1 Å². The highest BCUT2D eigenvalue weighted by Crippen LogP contribution is 2.23. The van der Waals surface area contributed by atoms with E-state index in [0.717, 1.165) is 17.7 Å². The number of rotatable bonds is 8. The van der Waals surface area contributed by atoms with Crippen molar-refractivity contribution in [1.29, 1.82) is 0 Å². The number of carbonyl (C=O) groups is 1. The van der Waals surface area contributed by atoms with Crippen LogP contribution in [0.5, 0.6) is 0 Å². The molecule has 0 bridgehead atoms. The van der Waals surface area contributed by atoms with E-state index in [4.69, 9.17) is 4.74 Å². The fourth-order valence-electron chi connectivity index (χ4n) is 2.08. The monoisotopic (exact) mass is 305 g/mol. The predicted octanol–water partition coefficient (Wildman–Crippen LogP) is 1.79. The fourth-order valence-corrected chi connectivity index (χ4v) is 2.08. The fraction of sp³-hybridized carbons (Fsp3) is 0.312. The van der Waals surface area contributed by atoms with E-state index >= 15 is 0 Å². The van der Waals surface area contributed by atoms with E-state index in [1.807, 2.05) is 0 Å². The van der Waals surface area contributed by atoms with Gasteiger partial charge < -0.3 is 20.4 Å². The zero-order valence-corrected chi connectivity index (χ0v) is 12.5. The quantitative estimate of drug-likeness (QED) is 0.651. The van der Waals surface area contributed by atoms with Crippen LogP contribution in [0.15, 0.2) is 36.7 Å². The zero-order valence-electron chi connectivity index (χ0n) is 12.5. The number of nitrogens with one attached hydrogen (secondary N) is 3. The summed E-state index contributed by atoms with van der Waals surface area (Å²) in [6.45, 7) is 2.58. The molecule has 1 aromatic carbocycles. The minimum absolute atomic E-state index is 0.158. The molecule has 1 aromatic heterocycles. The van der Waals surface area contributed by atoms with Crippen LogP contribution in [0.2, 0.25) is 0 Å². The van der Waals surface area contributed by atoms with Crippen LogP contribution < -0.4 is 10.6 Å². The van der Waals surface area contributed by atoms with E-state index in [9.17, 15) is 9.18 Å². The van der Waals surface area contributed by atoms with E-state index < -0.39 is 0 Å². The van der Waals surface area contributed by atoms with Crippen LogP contribution in [-0.4, -0.2) is 44.2 Å². The second-order valence-corrected chi connectivity index (χ2v) is 4.79. The van der Waals surface area contributed by atoms with Gasteiger partial charge in [-0.05, 0) is 17.7 Å². The minimum atomic E-state index is -0.299. The number of benzene rings is 1. The Labute approximate surface area is 128 Å². The van der Waals surface area contributed by atoms with Gasteiger partial charge in [0.1, 0.15) is 5.82 Å². The number of ether oxygens (including phenoxy) is 1. The van der Waals surface area contributed by atoms with Crippen molar-refractivity contribution in [3.8, 4) is 11.1 Å². The van der Waals surface area contributed by atoms with Gasteiger partial charge in [0.2, 0.25) is 0 Å². The molecule has 0 radical (unpaired) electrons. The molecule has 0 saturated heterocycles. The first-order valence-electron chi connectivity index (χ1n) is 7.13. The number of hydrogen-bond acceptors (Lipinski definition) is 3. The smallest absolute Gasteiger partial charge is 0.253 e. The highest BCUT2D eigenvalue weighted by atomic mass is 19.1. The van der Waals surface area contributed by atoms with Crippen molar-refractivity contribution in [3.63, 3.8) is 0 Å². The molecule has 0 fully saturated rings. The second-order valence-electron chi connectivity index (χ2n) is 4.79. The lowest BCUT2D eigenvalue weighted by Crippen LogP contribution is -2.33. The van der Waals surface area contributed by atoms with Gasteiger partial charge in [0.05, 0.1) is 12.2 Å². The summed E-state index contributed by atoms with van der Waals surface area (Å²) in [6.07, 6.45) is 3.38. The van der Waals surface area contributed by atoms with E-state index in [1.165, 1.54) is 12.1 Å². The van der Waals surface area contributed by atoms with Crippen molar-refractivity contribution in [2.75, 3.05) is 33.4 Å². The first-order valence-corrected chi connectivity index (χ1v) is 7.13. The average molecular weight is 305 g/mol. The normalized spacial score (nSPS) is 10.6. The molecular formula is C16H20FN3O2. The van der Waals surface area contributed by atoms with Gasteiger partial charge in [-0.2, -0.15) is 0 Å². The van der Waals surface area contributed by atoms with Crippen LogP contribution in [0.4, 0.5) is 4.39 Å². The van der Waals surface area contributed by atoms with Crippen LogP contribution in [0.1, 0.15) is 10.4 Å². The standard InChI is InChI=1S/C16H20FN3O2/c1-22-9-8-18-6-7-20-16(21)15-11-19-10-14(15)12-2-4-13(17)5-3-12/h2-5,10-11,18-19H,6-9H2,1H3,(H,20,21). The number of carbonyl (C=O) groups excluding carboxylic acids is 1. The first kappa shape index (κ1) is 16.2. The Balaban J connectivity index is 1.91. The molecule has 0 saturated carbocycles. The number of aromatic nitrogens is 1. The van der Waals surface area contributed by atoms with Crippen LogP contribution in [0.25, 0.3) is 11.1 Å². The van der Waals surface area contributed by atoms with Crippen molar-refractivity contribution in [3.05, 3.63) is 48.0 Å². The molecule has 3 N–H and O–H groups in total. The third-order valence-corrected chi connectivity index (χ3v) is 3.22. The van der Waals surface area contributed by atoms with Gasteiger partial charge >= 0.3 is 0 Å². The van der Waals surface area contributed by atoms with Gasteiger partial charge in [-0.15, -0.1) is 0 Å². The molecule has 0 spiro atoms. The summed E-state index contributed by atoms with van der Waals surface area (Å²) in [7, 11) is 1.65. The van der Waals surface area contributed by atoms with Gasteiger partial charge in [0.25, 0.3) is 5.91 Å². The van der Waals surface area contributed by atoms with Gasteiger partial charge in [0.15, 0.2) is 0 Å². The summed E-state index contributed by atoms with van der Waals surface area (Å²) in [5, 5.41) is 6.00. The molecule has 22 heavy (non-hydrogen) atoms. The van der Waals surface area contributed by atoms with Crippen molar-refractivity contribution >= 4 is 5.91 Å². The molecule has 0 atom stereocenters. The van der Waals surface area contributed by atoms with Crippen molar-refractivity contribution in [1.82, 2.24) is 15.6 Å². The third-order valence-electron chi connectivity index (χ3n) is 3.22. The maximum atomic E-state index is 13.0. The van der Waals surface area contributed by atoms with Gasteiger partial charge in [0, 0.05) is 44.7 Å². The van der Waals surface area contributed by atoms with Crippen LogP contribution in [0, 0.1) is 5.82 Å². The molecular weight excluding hydrogens is 285 g/mol. The Kier molecular flexibility index (Phi) is 6.12.